The van der Waals surface area contributed by atoms with Gasteiger partial charge in [0.1, 0.15) is 11.5 Å². The van der Waals surface area contributed by atoms with Crippen molar-refractivity contribution in [2.24, 2.45) is 11.7 Å². The third kappa shape index (κ3) is 3.15. The number of nitrogens with one attached hydrogen (secondary N) is 1. The Labute approximate surface area is 101 Å². The van der Waals surface area contributed by atoms with Crippen LogP contribution in [-0.2, 0) is 0 Å². The van der Waals surface area contributed by atoms with Crippen LogP contribution in [0.15, 0.2) is 6.07 Å². The molecule has 3 N–H and O–H groups in total. The number of nitrogens with two attached hydrogens (primary N) is 1. The fraction of sp³-hybridized carbons (Fsp3) is 0.583. The van der Waals surface area contributed by atoms with Gasteiger partial charge in [0.2, 0.25) is 0 Å². The summed E-state index contributed by atoms with van der Waals surface area (Å²) >= 11 is 0. The number of nitrogens with zero attached hydrogens (tertiary/aromatic N) is 2. The first-order valence-electron chi connectivity index (χ1n) is 5.98. The highest BCUT2D eigenvalue weighted by Crippen LogP contribution is 2.29. The third-order valence-electron chi connectivity index (χ3n) is 3.09. The first-order chi connectivity index (χ1) is 8.15. The van der Waals surface area contributed by atoms with E-state index in [2.05, 4.69) is 9.97 Å². The molecule has 0 unspecified atom stereocenters. The lowest BCUT2D eigenvalue weighted by molar-refractivity contribution is 0.211. The topological polar surface area (TPSA) is 84.9 Å². The van der Waals surface area contributed by atoms with Crippen molar-refractivity contribution in [2.45, 2.75) is 32.6 Å². The van der Waals surface area contributed by atoms with Crippen molar-refractivity contribution in [1.82, 2.24) is 9.97 Å². The van der Waals surface area contributed by atoms with Gasteiger partial charge < -0.3 is 10.5 Å². The normalized spacial score (nSPS) is 15.4. The number of nitrogen functional groups attached to an aromatic ring is 1. The molecule has 1 fully saturated rings. The van der Waals surface area contributed by atoms with Crippen LogP contribution in [0.3, 0.4) is 0 Å². The van der Waals surface area contributed by atoms with Crippen LogP contribution in [0.5, 0.6) is 6.01 Å². The standard InChI is InChI=1S/C12H18N4O/c1-8-7-10(11(13)14)16-12(15-8)17-6-5-9-3-2-4-9/h7,9H,2-6H2,1H3,(H3,13,14). The van der Waals surface area contributed by atoms with Crippen LogP contribution in [0.25, 0.3) is 0 Å². The smallest absolute Gasteiger partial charge is 0.317 e. The number of amidine groups is 1. The summed E-state index contributed by atoms with van der Waals surface area (Å²) in [5.41, 5.74) is 6.59. The maximum absolute atomic E-state index is 7.34. The molecule has 0 aromatic carbocycles. The third-order valence-corrected chi connectivity index (χ3v) is 3.09. The Kier molecular flexibility index (Phi) is 3.56. The molecule has 1 aliphatic carbocycles. The second kappa shape index (κ2) is 5.12. The molecule has 0 spiro atoms. The molecule has 0 bridgehead atoms. The van der Waals surface area contributed by atoms with Gasteiger partial charge in [-0.15, -0.1) is 0 Å². The molecular formula is C12H18N4O. The second-order valence-corrected chi connectivity index (χ2v) is 4.52. The zero-order valence-electron chi connectivity index (χ0n) is 10.1. The average Bonchev–Trinajstić information content (AvgIpc) is 2.21. The lowest BCUT2D eigenvalue weighted by Gasteiger charge is -2.24. The number of hydrogen-bond acceptors (Lipinski definition) is 4. The molecule has 5 nitrogen and oxygen atoms in total. The first-order valence-corrected chi connectivity index (χ1v) is 5.98. The van der Waals surface area contributed by atoms with Gasteiger partial charge >= 0.3 is 6.01 Å². The fourth-order valence-electron chi connectivity index (χ4n) is 1.84. The molecule has 1 saturated carbocycles. The van der Waals surface area contributed by atoms with Crippen LogP contribution in [0.2, 0.25) is 0 Å². The lowest BCUT2D eigenvalue weighted by atomic mass is 9.83. The quantitative estimate of drug-likeness (QED) is 0.599. The summed E-state index contributed by atoms with van der Waals surface area (Å²) in [6, 6.07) is 2.01. The number of ether oxygens (including phenoxy) is 1. The van der Waals surface area contributed by atoms with E-state index >= 15 is 0 Å². The Morgan fingerprint density at radius 2 is 2.29 bits per heavy atom. The molecule has 5 heteroatoms. The Bertz CT molecular complexity index is 415. The van der Waals surface area contributed by atoms with Crippen molar-refractivity contribution >= 4 is 5.84 Å². The molecule has 0 aliphatic heterocycles. The van der Waals surface area contributed by atoms with Gasteiger partial charge in [-0.3, -0.25) is 5.41 Å². The Hall–Kier alpha value is -1.65. The van der Waals surface area contributed by atoms with E-state index in [9.17, 15) is 0 Å². The minimum atomic E-state index is -0.0562. The van der Waals surface area contributed by atoms with Crippen LogP contribution >= 0.6 is 0 Å². The monoisotopic (exact) mass is 234 g/mol. The molecular weight excluding hydrogens is 216 g/mol. The fourth-order valence-corrected chi connectivity index (χ4v) is 1.84. The maximum atomic E-state index is 7.34. The van der Waals surface area contributed by atoms with Crippen molar-refractivity contribution < 1.29 is 4.74 Å². The van der Waals surface area contributed by atoms with Gasteiger partial charge in [0.25, 0.3) is 0 Å². The van der Waals surface area contributed by atoms with Crippen LogP contribution < -0.4 is 10.5 Å². The predicted molar refractivity (Wildman–Crippen MR) is 65.2 cm³/mol. The molecule has 1 heterocycles. The predicted octanol–water partition coefficient (Wildman–Crippen LogP) is 1.64. The summed E-state index contributed by atoms with van der Waals surface area (Å²) in [6.45, 7) is 2.48. The van der Waals surface area contributed by atoms with Crippen molar-refractivity contribution in [2.75, 3.05) is 6.61 Å². The molecule has 0 amide bonds. The van der Waals surface area contributed by atoms with Crippen molar-refractivity contribution in [3.05, 3.63) is 17.5 Å². The average molecular weight is 234 g/mol. The number of hydrogen-bond donors (Lipinski definition) is 2. The van der Waals surface area contributed by atoms with Gasteiger partial charge in [0.15, 0.2) is 0 Å². The first kappa shape index (κ1) is 11.8. The van der Waals surface area contributed by atoms with E-state index in [0.29, 0.717) is 18.3 Å². The molecule has 1 aromatic heterocycles. The highest BCUT2D eigenvalue weighted by Gasteiger charge is 2.17. The maximum Gasteiger partial charge on any atom is 0.317 e. The highest BCUT2D eigenvalue weighted by molar-refractivity contribution is 5.93. The summed E-state index contributed by atoms with van der Waals surface area (Å²) < 4.78 is 5.51. The summed E-state index contributed by atoms with van der Waals surface area (Å²) in [7, 11) is 0. The van der Waals surface area contributed by atoms with Gasteiger partial charge in [0, 0.05) is 5.69 Å². The van der Waals surface area contributed by atoms with E-state index in [0.717, 1.165) is 18.0 Å². The molecule has 0 atom stereocenters. The van der Waals surface area contributed by atoms with Crippen LogP contribution in [0.1, 0.15) is 37.1 Å². The lowest BCUT2D eigenvalue weighted by Crippen LogP contribution is -2.17. The largest absolute Gasteiger partial charge is 0.463 e. The van der Waals surface area contributed by atoms with Gasteiger partial charge in [0.05, 0.1) is 6.61 Å². The second-order valence-electron chi connectivity index (χ2n) is 4.52. The molecule has 92 valence electrons. The van der Waals surface area contributed by atoms with E-state index < -0.39 is 0 Å². The van der Waals surface area contributed by atoms with E-state index in [4.69, 9.17) is 15.9 Å². The van der Waals surface area contributed by atoms with Gasteiger partial charge in [-0.1, -0.05) is 19.3 Å². The minimum absolute atomic E-state index is 0.0562. The van der Waals surface area contributed by atoms with Gasteiger partial charge in [-0.05, 0) is 25.3 Å². The van der Waals surface area contributed by atoms with Gasteiger partial charge in [-0.25, -0.2) is 4.98 Å². The van der Waals surface area contributed by atoms with E-state index in [1.807, 2.05) is 6.92 Å². The number of rotatable bonds is 5. The van der Waals surface area contributed by atoms with E-state index in [1.165, 1.54) is 19.3 Å². The van der Waals surface area contributed by atoms with Crippen LogP contribution in [0, 0.1) is 18.3 Å². The summed E-state index contributed by atoms with van der Waals surface area (Å²) in [4.78, 5) is 8.26. The highest BCUT2D eigenvalue weighted by atomic mass is 16.5. The summed E-state index contributed by atoms with van der Waals surface area (Å²) in [5.74, 6) is 0.756. The SMILES string of the molecule is Cc1cc(C(=N)N)nc(OCCC2CCC2)n1. The Morgan fingerprint density at radius 1 is 1.53 bits per heavy atom. The van der Waals surface area contributed by atoms with E-state index in [-0.39, 0.29) is 5.84 Å². The molecule has 1 aromatic rings. The number of aromatic nitrogens is 2. The minimum Gasteiger partial charge on any atom is -0.463 e. The molecule has 1 aliphatic rings. The number of aryl methyl sites for hydroxylation is 1. The van der Waals surface area contributed by atoms with E-state index in [1.54, 1.807) is 6.07 Å². The molecule has 0 radical (unpaired) electrons. The zero-order valence-corrected chi connectivity index (χ0v) is 10.1. The Morgan fingerprint density at radius 3 is 2.88 bits per heavy atom. The summed E-state index contributed by atoms with van der Waals surface area (Å²) in [6.07, 6.45) is 5.04. The van der Waals surface area contributed by atoms with Crippen molar-refractivity contribution in [3.63, 3.8) is 0 Å². The molecule has 0 saturated heterocycles. The van der Waals surface area contributed by atoms with Gasteiger partial charge in [-0.2, -0.15) is 4.98 Å². The molecule has 17 heavy (non-hydrogen) atoms. The Balaban J connectivity index is 1.92. The summed E-state index contributed by atoms with van der Waals surface area (Å²) in [5, 5.41) is 7.34. The zero-order chi connectivity index (χ0) is 12.3. The van der Waals surface area contributed by atoms with Crippen molar-refractivity contribution in [1.29, 1.82) is 5.41 Å². The van der Waals surface area contributed by atoms with Crippen molar-refractivity contribution in [3.8, 4) is 6.01 Å². The molecule has 2 rings (SSSR count). The van der Waals surface area contributed by atoms with Crippen LogP contribution in [0.4, 0.5) is 0 Å². The van der Waals surface area contributed by atoms with Crippen LogP contribution in [-0.4, -0.2) is 22.4 Å².